The summed E-state index contributed by atoms with van der Waals surface area (Å²) in [5, 5.41) is 8.11. The maximum atomic E-state index is 8.11. The zero-order chi connectivity index (χ0) is 5.11. The van der Waals surface area contributed by atoms with Crippen molar-refractivity contribution >= 4 is 17.7 Å². The van der Waals surface area contributed by atoms with Gasteiger partial charge in [0.25, 0.3) is 0 Å². The topological polar surface area (TPSA) is 36.1 Å². The molecule has 0 atom stereocenters. The van der Waals surface area contributed by atoms with Crippen LogP contribution in [0.1, 0.15) is 0 Å². The number of hydrogen-bond acceptors (Lipinski definition) is 3. The normalized spacial score (nSPS) is 18.4. The largest absolute Gasteiger partial charge is 0.209 e. The van der Waals surface area contributed by atoms with Crippen molar-refractivity contribution in [1.29, 1.82) is 5.26 Å². The highest BCUT2D eigenvalue weighted by Crippen LogP contribution is 2.12. The molecule has 7 heavy (non-hydrogen) atoms. The molecule has 0 spiro atoms. The van der Waals surface area contributed by atoms with Crippen LogP contribution >= 0.6 is 11.9 Å². The van der Waals surface area contributed by atoms with E-state index in [1.54, 1.807) is 0 Å². The minimum atomic E-state index is 0.435. The molecule has 0 N–H and O–H groups in total. The van der Waals surface area contributed by atoms with Crippen molar-refractivity contribution in [2.75, 3.05) is 5.75 Å². The molecule has 34 valence electrons. The van der Waals surface area contributed by atoms with Crippen LogP contribution in [-0.4, -0.2) is 11.5 Å². The Morgan fingerprint density at radius 3 is 3.14 bits per heavy atom. The van der Waals surface area contributed by atoms with Gasteiger partial charge in [0.05, 0.1) is 6.42 Å². The average Bonchev–Trinajstić information content (AvgIpc) is 2.14. The van der Waals surface area contributed by atoms with Crippen LogP contribution in [-0.2, 0) is 0 Å². The first-order chi connectivity index (χ1) is 3.43. The molecule has 0 aliphatic carbocycles. The molecule has 0 bridgehead atoms. The lowest BCUT2D eigenvalue weighted by molar-refractivity contribution is 1.54. The first-order valence-electron chi connectivity index (χ1n) is 1.77. The first-order valence-corrected chi connectivity index (χ1v) is 2.71. The van der Waals surface area contributed by atoms with Crippen LogP contribution in [0.5, 0.6) is 0 Å². The van der Waals surface area contributed by atoms with Crippen molar-refractivity contribution in [2.45, 2.75) is 0 Å². The van der Waals surface area contributed by atoms with Gasteiger partial charge >= 0.3 is 0 Å². The number of nitriles is 1. The Kier molecular flexibility index (Phi) is 1.32. The summed E-state index contributed by atoms with van der Waals surface area (Å²) < 4.78 is 3.72. The summed E-state index contributed by atoms with van der Waals surface area (Å²) >= 11 is 1.36. The molecule has 2 radical (unpaired) electrons. The first kappa shape index (κ1) is 4.66. The van der Waals surface area contributed by atoms with Gasteiger partial charge in [-0.1, -0.05) is 0 Å². The zero-order valence-electron chi connectivity index (χ0n) is 3.51. The van der Waals surface area contributed by atoms with Gasteiger partial charge in [0.1, 0.15) is 11.8 Å². The number of rotatable bonds is 0. The third kappa shape index (κ3) is 0.937. The molecule has 3 heteroatoms. The van der Waals surface area contributed by atoms with Crippen LogP contribution in [0.4, 0.5) is 0 Å². The van der Waals surface area contributed by atoms with Crippen LogP contribution in [0.25, 0.3) is 0 Å². The zero-order valence-corrected chi connectivity index (χ0v) is 4.33. The maximum absolute atomic E-state index is 8.11. The summed E-state index contributed by atoms with van der Waals surface area (Å²) in [6.07, 6.45) is 2.76. The Balaban J connectivity index is 2.57. The van der Waals surface area contributed by atoms with Crippen LogP contribution in [0.15, 0.2) is 4.40 Å². The molecular formula is C4H2N2S. The van der Waals surface area contributed by atoms with E-state index in [4.69, 9.17) is 5.26 Å². The van der Waals surface area contributed by atoms with Gasteiger partial charge in [0.15, 0.2) is 0 Å². The van der Waals surface area contributed by atoms with Crippen molar-refractivity contribution < 1.29 is 0 Å². The van der Waals surface area contributed by atoms with Gasteiger partial charge in [-0.2, -0.15) is 5.26 Å². The Bertz CT molecular complexity index is 133. The molecule has 0 aromatic rings. The van der Waals surface area contributed by atoms with Crippen LogP contribution < -0.4 is 0 Å². The molecule has 0 amide bonds. The fourth-order valence-electron chi connectivity index (χ4n) is 0.290. The van der Waals surface area contributed by atoms with Crippen LogP contribution in [0.3, 0.4) is 0 Å². The lowest BCUT2D eigenvalue weighted by atomic mass is 10.3. The van der Waals surface area contributed by atoms with Gasteiger partial charge in [-0.25, -0.2) is 4.40 Å². The maximum Gasteiger partial charge on any atom is 0.135 e. The van der Waals surface area contributed by atoms with E-state index in [0.717, 1.165) is 5.75 Å². The Labute approximate surface area is 46.4 Å². The van der Waals surface area contributed by atoms with E-state index in [1.807, 2.05) is 6.07 Å². The number of hydrogen-bond donors (Lipinski definition) is 0. The third-order valence-corrected chi connectivity index (χ3v) is 1.15. The van der Waals surface area contributed by atoms with E-state index in [9.17, 15) is 0 Å². The predicted molar refractivity (Wildman–Crippen MR) is 28.7 cm³/mol. The van der Waals surface area contributed by atoms with Gasteiger partial charge in [-0.3, -0.25) is 0 Å². The van der Waals surface area contributed by atoms with Crippen molar-refractivity contribution in [2.24, 2.45) is 4.40 Å². The Hall–Kier alpha value is -0.490. The van der Waals surface area contributed by atoms with E-state index >= 15 is 0 Å². The van der Waals surface area contributed by atoms with Crippen molar-refractivity contribution in [3.63, 3.8) is 0 Å². The molecular weight excluding hydrogens is 108 g/mol. The molecule has 1 heterocycles. The predicted octanol–water partition coefficient (Wildman–Crippen LogP) is 0.694. The average molecular weight is 110 g/mol. The monoisotopic (exact) mass is 110 g/mol. The summed E-state index contributed by atoms with van der Waals surface area (Å²) in [5.74, 6) is 0.739. The van der Waals surface area contributed by atoms with Crippen molar-refractivity contribution in [3.05, 3.63) is 6.42 Å². The lowest BCUT2D eigenvalue weighted by Crippen LogP contribution is -1.87. The third-order valence-electron chi connectivity index (χ3n) is 0.566. The quantitative estimate of drug-likeness (QED) is 0.430. The standard InChI is InChI=1S/C4H2N2S/c5-3-4-1-2-7-6-4/h2H2. The second-order valence-corrected chi connectivity index (χ2v) is 1.73. The minimum Gasteiger partial charge on any atom is -0.209 e. The molecule has 0 saturated heterocycles. The van der Waals surface area contributed by atoms with Gasteiger partial charge in [0.2, 0.25) is 0 Å². The molecule has 0 fully saturated rings. The second kappa shape index (κ2) is 1.99. The second-order valence-electron chi connectivity index (χ2n) is 1.00. The molecule has 0 saturated carbocycles. The van der Waals surface area contributed by atoms with Crippen molar-refractivity contribution in [1.82, 2.24) is 0 Å². The van der Waals surface area contributed by atoms with Crippen LogP contribution in [0.2, 0.25) is 0 Å². The summed E-state index contributed by atoms with van der Waals surface area (Å²) in [6, 6.07) is 1.88. The highest BCUT2D eigenvalue weighted by atomic mass is 32.2. The molecule has 1 rings (SSSR count). The van der Waals surface area contributed by atoms with E-state index in [2.05, 4.69) is 10.8 Å². The highest BCUT2D eigenvalue weighted by Gasteiger charge is 2.04. The van der Waals surface area contributed by atoms with E-state index in [0.29, 0.717) is 5.71 Å². The van der Waals surface area contributed by atoms with Gasteiger partial charge < -0.3 is 0 Å². The van der Waals surface area contributed by atoms with Gasteiger partial charge in [0, 0.05) is 5.75 Å². The SMILES string of the molecule is N#CC1=NSC[C]1. The lowest BCUT2D eigenvalue weighted by Gasteiger charge is -1.69. The summed E-state index contributed by atoms with van der Waals surface area (Å²) in [7, 11) is 0. The molecule has 1 aliphatic rings. The minimum absolute atomic E-state index is 0.435. The Morgan fingerprint density at radius 1 is 2.00 bits per heavy atom. The summed E-state index contributed by atoms with van der Waals surface area (Å²) in [5.41, 5.74) is 0.435. The fraction of sp³-hybridized carbons (Fsp3) is 0.250. The van der Waals surface area contributed by atoms with Gasteiger partial charge in [-0.05, 0) is 11.9 Å². The molecule has 0 unspecified atom stereocenters. The fourth-order valence-corrected chi connectivity index (χ4v) is 0.790. The molecule has 0 aromatic heterocycles. The summed E-state index contributed by atoms with van der Waals surface area (Å²) in [6.45, 7) is 0. The number of nitrogens with zero attached hydrogens (tertiary/aromatic N) is 2. The Morgan fingerprint density at radius 2 is 2.86 bits per heavy atom. The van der Waals surface area contributed by atoms with E-state index < -0.39 is 0 Å². The van der Waals surface area contributed by atoms with E-state index in [-0.39, 0.29) is 0 Å². The van der Waals surface area contributed by atoms with Crippen molar-refractivity contribution in [3.8, 4) is 6.07 Å². The molecule has 2 nitrogen and oxygen atoms in total. The van der Waals surface area contributed by atoms with Crippen LogP contribution in [0, 0.1) is 17.8 Å². The highest BCUT2D eigenvalue weighted by molar-refractivity contribution is 7.98. The van der Waals surface area contributed by atoms with Gasteiger partial charge in [-0.15, -0.1) is 0 Å². The smallest absolute Gasteiger partial charge is 0.135 e. The molecule has 0 aromatic carbocycles. The van der Waals surface area contributed by atoms with E-state index in [1.165, 1.54) is 11.9 Å². The summed E-state index contributed by atoms with van der Waals surface area (Å²) in [4.78, 5) is 0. The molecule has 1 aliphatic heterocycles.